The zero-order valence-corrected chi connectivity index (χ0v) is 12.0. The minimum Gasteiger partial charge on any atom is -0.398 e. The van der Waals surface area contributed by atoms with Crippen LogP contribution in [0.15, 0.2) is 17.0 Å². The number of benzene rings is 1. The van der Waals surface area contributed by atoms with E-state index in [0.717, 1.165) is 11.1 Å². The van der Waals surface area contributed by atoms with Crippen LogP contribution < -0.4 is 16.2 Å². The van der Waals surface area contributed by atoms with Crippen LogP contribution in [0.2, 0.25) is 0 Å². The van der Waals surface area contributed by atoms with Gasteiger partial charge in [0.05, 0.1) is 4.90 Å². The Hall–Kier alpha value is -1.60. The van der Waals surface area contributed by atoms with Crippen molar-refractivity contribution in [3.63, 3.8) is 0 Å². The molecule has 5 N–H and O–H groups in total. The van der Waals surface area contributed by atoms with Gasteiger partial charge in [-0.05, 0) is 44.0 Å². The van der Waals surface area contributed by atoms with Crippen LogP contribution in [-0.4, -0.2) is 20.4 Å². The van der Waals surface area contributed by atoms with Gasteiger partial charge >= 0.3 is 0 Å². The number of carbonyl (C=O) groups excluding carboxylic acids is 1. The number of nitrogens with two attached hydrogens (primary N) is 2. The SMILES string of the molecule is Cc1cc(S(=O)(=O)NC(C)CC(N)=O)cc(N)c1C. The average Bonchev–Trinajstić information content (AvgIpc) is 2.22. The Morgan fingerprint density at radius 2 is 1.95 bits per heavy atom. The zero-order chi connectivity index (χ0) is 14.8. The van der Waals surface area contributed by atoms with Crippen LogP contribution in [0.4, 0.5) is 5.69 Å². The van der Waals surface area contributed by atoms with Crippen molar-refractivity contribution in [1.29, 1.82) is 0 Å². The Morgan fingerprint density at radius 1 is 1.37 bits per heavy atom. The van der Waals surface area contributed by atoms with E-state index in [1.165, 1.54) is 6.07 Å². The maximum Gasteiger partial charge on any atom is 0.240 e. The average molecular weight is 285 g/mol. The molecule has 7 heteroatoms. The van der Waals surface area contributed by atoms with Crippen molar-refractivity contribution in [1.82, 2.24) is 4.72 Å². The van der Waals surface area contributed by atoms with Gasteiger partial charge in [0.1, 0.15) is 0 Å². The highest BCUT2D eigenvalue weighted by Crippen LogP contribution is 2.21. The largest absolute Gasteiger partial charge is 0.398 e. The normalized spacial score (nSPS) is 13.2. The third kappa shape index (κ3) is 3.93. The summed E-state index contributed by atoms with van der Waals surface area (Å²) in [6.07, 6.45) is -0.0560. The van der Waals surface area contributed by atoms with Gasteiger partial charge in [-0.2, -0.15) is 0 Å². The first-order valence-corrected chi connectivity index (χ1v) is 7.29. The number of hydrogen-bond donors (Lipinski definition) is 3. The van der Waals surface area contributed by atoms with Gasteiger partial charge in [-0.1, -0.05) is 0 Å². The monoisotopic (exact) mass is 285 g/mol. The molecule has 0 saturated carbocycles. The summed E-state index contributed by atoms with van der Waals surface area (Å²) in [7, 11) is -3.70. The molecule has 0 spiro atoms. The van der Waals surface area contributed by atoms with E-state index in [-0.39, 0.29) is 11.3 Å². The van der Waals surface area contributed by atoms with E-state index in [2.05, 4.69) is 4.72 Å². The highest BCUT2D eigenvalue weighted by Gasteiger charge is 2.19. The molecule has 106 valence electrons. The van der Waals surface area contributed by atoms with Crippen LogP contribution in [0.3, 0.4) is 0 Å². The first-order valence-electron chi connectivity index (χ1n) is 5.81. The molecule has 19 heavy (non-hydrogen) atoms. The van der Waals surface area contributed by atoms with Crippen LogP contribution in [0.1, 0.15) is 24.5 Å². The zero-order valence-electron chi connectivity index (χ0n) is 11.2. The summed E-state index contributed by atoms with van der Waals surface area (Å²) in [5, 5.41) is 0. The number of nitrogen functional groups attached to an aromatic ring is 1. The maximum atomic E-state index is 12.1. The lowest BCUT2D eigenvalue weighted by Gasteiger charge is -2.14. The van der Waals surface area contributed by atoms with E-state index in [4.69, 9.17) is 11.5 Å². The van der Waals surface area contributed by atoms with Gasteiger partial charge in [0.2, 0.25) is 15.9 Å². The number of aryl methyl sites for hydroxylation is 1. The van der Waals surface area contributed by atoms with Crippen LogP contribution in [0.25, 0.3) is 0 Å². The molecule has 0 aromatic heterocycles. The van der Waals surface area contributed by atoms with Gasteiger partial charge in [0.25, 0.3) is 0 Å². The molecule has 0 aliphatic carbocycles. The smallest absolute Gasteiger partial charge is 0.240 e. The number of nitrogens with one attached hydrogen (secondary N) is 1. The van der Waals surface area contributed by atoms with E-state index in [1.54, 1.807) is 19.9 Å². The molecule has 0 aliphatic heterocycles. The number of anilines is 1. The van der Waals surface area contributed by atoms with Crippen LogP contribution in [0.5, 0.6) is 0 Å². The van der Waals surface area contributed by atoms with Crippen molar-refractivity contribution in [2.45, 2.75) is 38.1 Å². The van der Waals surface area contributed by atoms with Crippen molar-refractivity contribution in [2.24, 2.45) is 5.73 Å². The van der Waals surface area contributed by atoms with Gasteiger partial charge in [0, 0.05) is 18.2 Å². The second-order valence-electron chi connectivity index (χ2n) is 4.65. The minimum atomic E-state index is -3.70. The molecule has 1 amide bonds. The van der Waals surface area contributed by atoms with E-state index < -0.39 is 22.0 Å². The third-order valence-electron chi connectivity index (χ3n) is 2.86. The molecule has 1 unspecified atom stereocenters. The molecule has 1 aromatic carbocycles. The molecule has 0 fully saturated rings. The topological polar surface area (TPSA) is 115 Å². The first-order chi connectivity index (χ1) is 8.63. The molecule has 0 radical (unpaired) electrons. The predicted octanol–water partition coefficient (Wildman–Crippen LogP) is 0.428. The summed E-state index contributed by atoms with van der Waals surface area (Å²) in [5.41, 5.74) is 12.9. The lowest BCUT2D eigenvalue weighted by Crippen LogP contribution is -2.35. The maximum absolute atomic E-state index is 12.1. The van der Waals surface area contributed by atoms with Crippen molar-refractivity contribution < 1.29 is 13.2 Å². The number of sulfonamides is 1. The Bertz CT molecular complexity index is 573. The number of hydrogen-bond acceptors (Lipinski definition) is 4. The highest BCUT2D eigenvalue weighted by atomic mass is 32.2. The molecule has 1 aromatic rings. The second-order valence-corrected chi connectivity index (χ2v) is 6.36. The van der Waals surface area contributed by atoms with Crippen molar-refractivity contribution in [3.8, 4) is 0 Å². The summed E-state index contributed by atoms with van der Waals surface area (Å²) in [5.74, 6) is -0.560. The fraction of sp³-hybridized carbons (Fsp3) is 0.417. The van der Waals surface area contributed by atoms with Crippen molar-refractivity contribution >= 4 is 21.6 Å². The van der Waals surface area contributed by atoms with Crippen LogP contribution in [0, 0.1) is 13.8 Å². The van der Waals surface area contributed by atoms with Gasteiger partial charge in [-0.15, -0.1) is 0 Å². The second kappa shape index (κ2) is 5.58. The Morgan fingerprint density at radius 3 is 2.42 bits per heavy atom. The van der Waals surface area contributed by atoms with Crippen LogP contribution >= 0.6 is 0 Å². The number of amides is 1. The van der Waals surface area contributed by atoms with E-state index in [9.17, 15) is 13.2 Å². The number of carbonyl (C=O) groups is 1. The molecule has 1 rings (SSSR count). The highest BCUT2D eigenvalue weighted by molar-refractivity contribution is 7.89. The fourth-order valence-corrected chi connectivity index (χ4v) is 3.05. The summed E-state index contributed by atoms with van der Waals surface area (Å²) < 4.78 is 26.6. The predicted molar refractivity (Wildman–Crippen MR) is 73.9 cm³/mol. The standard InChI is InChI=1S/C12H19N3O3S/c1-7-4-10(6-11(13)9(7)3)19(17,18)15-8(2)5-12(14)16/h4,6,8,15H,5,13H2,1-3H3,(H2,14,16). The van der Waals surface area contributed by atoms with Gasteiger partial charge in [-0.25, -0.2) is 13.1 Å². The molecule has 0 bridgehead atoms. The first kappa shape index (κ1) is 15.5. The van der Waals surface area contributed by atoms with Gasteiger partial charge < -0.3 is 11.5 Å². The molecule has 1 atom stereocenters. The fourth-order valence-electron chi connectivity index (χ4n) is 1.68. The summed E-state index contributed by atoms with van der Waals surface area (Å²) in [6.45, 7) is 5.19. The Labute approximate surface area is 113 Å². The van der Waals surface area contributed by atoms with Crippen molar-refractivity contribution in [3.05, 3.63) is 23.3 Å². The molecule has 0 heterocycles. The summed E-state index contributed by atoms with van der Waals surface area (Å²) in [4.78, 5) is 10.8. The van der Waals surface area contributed by atoms with Gasteiger partial charge in [-0.3, -0.25) is 4.79 Å². The lowest BCUT2D eigenvalue weighted by atomic mass is 10.1. The molecular formula is C12H19N3O3S. The number of primary amides is 1. The molecular weight excluding hydrogens is 266 g/mol. The third-order valence-corrected chi connectivity index (χ3v) is 4.42. The van der Waals surface area contributed by atoms with E-state index in [1.807, 2.05) is 6.92 Å². The Kier molecular flexibility index (Phi) is 4.54. The molecule has 0 saturated heterocycles. The minimum absolute atomic E-state index is 0.0560. The van der Waals surface area contributed by atoms with Crippen LogP contribution in [-0.2, 0) is 14.8 Å². The van der Waals surface area contributed by atoms with Gasteiger partial charge in [0.15, 0.2) is 0 Å². The summed E-state index contributed by atoms with van der Waals surface area (Å²) >= 11 is 0. The quantitative estimate of drug-likeness (QED) is 0.680. The number of rotatable bonds is 5. The van der Waals surface area contributed by atoms with Crippen molar-refractivity contribution in [2.75, 3.05) is 5.73 Å². The Balaban J connectivity index is 3.04. The molecule has 0 aliphatic rings. The summed E-state index contributed by atoms with van der Waals surface area (Å²) in [6, 6.07) is 2.39. The lowest BCUT2D eigenvalue weighted by molar-refractivity contribution is -0.118. The van der Waals surface area contributed by atoms with E-state index in [0.29, 0.717) is 5.69 Å². The molecule has 6 nitrogen and oxygen atoms in total. The van der Waals surface area contributed by atoms with E-state index >= 15 is 0 Å².